The molecule has 0 amide bonds. The van der Waals surface area contributed by atoms with Crippen LogP contribution in [0.4, 0.5) is 22.7 Å². The normalized spacial score (nSPS) is 10.5. The first-order valence-corrected chi connectivity index (χ1v) is 21.2. The van der Waals surface area contributed by atoms with Crippen molar-refractivity contribution in [3.8, 4) is 33.8 Å². The van der Waals surface area contributed by atoms with Crippen LogP contribution in [0.5, 0.6) is 11.5 Å². The molecule has 0 saturated heterocycles. The van der Waals surface area contributed by atoms with Gasteiger partial charge in [0, 0.05) is 84.9 Å². The number of aromatic nitrogens is 2. The minimum Gasteiger partial charge on any atom is -0.491 e. The zero-order chi connectivity index (χ0) is 46.1. The minimum atomic E-state index is -0.414. The van der Waals surface area contributed by atoms with Gasteiger partial charge < -0.3 is 28.5 Å². The van der Waals surface area contributed by atoms with Crippen molar-refractivity contribution in [2.75, 3.05) is 40.6 Å². The third-order valence-electron chi connectivity index (χ3n) is 9.99. The maximum Gasteiger partial charge on any atom is 0.270 e. The van der Waals surface area contributed by atoms with Crippen molar-refractivity contribution in [2.24, 2.45) is 0 Å². The molecule has 0 fully saturated rings. The second-order valence-electron chi connectivity index (χ2n) is 14.2. The van der Waals surface area contributed by atoms with Gasteiger partial charge >= 0.3 is 0 Å². The molecule has 2 aromatic heterocycles. The number of nitrogens with zero attached hydrogens (tertiary/aromatic N) is 5. The monoisotopic (exact) mass is 934 g/mol. The fourth-order valence-electron chi connectivity index (χ4n) is 6.75. The van der Waals surface area contributed by atoms with Gasteiger partial charge in [0.05, 0.1) is 36.2 Å². The molecule has 14 nitrogen and oxygen atoms in total. The Morgan fingerprint density at radius 2 is 1.15 bits per heavy atom. The summed E-state index contributed by atoms with van der Waals surface area (Å²) in [5.41, 5.74) is 8.57. The largest absolute Gasteiger partial charge is 0.491 e. The fourth-order valence-corrected chi connectivity index (χ4v) is 7.13. The van der Waals surface area contributed by atoms with Gasteiger partial charge in [0.1, 0.15) is 24.7 Å². The molecule has 0 aliphatic heterocycles. The van der Waals surface area contributed by atoms with Crippen LogP contribution in [0.2, 0.25) is 0 Å². The summed E-state index contributed by atoms with van der Waals surface area (Å²) in [7, 11) is 3.30. The van der Waals surface area contributed by atoms with Crippen molar-refractivity contribution < 1.29 is 28.8 Å². The smallest absolute Gasteiger partial charge is 0.270 e. The summed E-state index contributed by atoms with van der Waals surface area (Å²) in [4.78, 5) is 31.3. The molecule has 6 aromatic carbocycles. The molecular weight excluding hydrogens is 892 g/mol. The number of benzene rings is 6. The molecule has 0 aliphatic rings. The van der Waals surface area contributed by atoms with E-state index < -0.39 is 9.85 Å². The number of methoxy groups -OCH3 is 2. The van der Waals surface area contributed by atoms with Crippen LogP contribution in [0.15, 0.2) is 146 Å². The molecule has 0 unspecified atom stereocenters. The number of non-ortho nitro benzene ring substituents is 2. The van der Waals surface area contributed by atoms with Crippen molar-refractivity contribution in [3.05, 3.63) is 200 Å². The summed E-state index contributed by atoms with van der Waals surface area (Å²) in [6.45, 7) is 17.3. The second-order valence-corrected chi connectivity index (χ2v) is 14.8. The SMILES string of the molecule is COCCOc1ccc(CBr)cc1.[C-]#[N+]c1ccc2[nH]cc(-c3cccc([N+](=O)[O-])c3)c2c1.[C-]#[N+]c1ccc2c(c1)c(-c1cccc([N+](=O)[O-])c1)cn2Cc1ccc(OCCOC)cc1. The highest BCUT2D eigenvalue weighted by Gasteiger charge is 2.15. The van der Waals surface area contributed by atoms with E-state index in [4.69, 9.17) is 32.1 Å². The molecule has 8 aromatic rings. The van der Waals surface area contributed by atoms with E-state index in [0.717, 1.165) is 66.5 Å². The van der Waals surface area contributed by atoms with Crippen LogP contribution < -0.4 is 9.47 Å². The number of alkyl halides is 1. The molecular formula is C50H43BrN6O8. The van der Waals surface area contributed by atoms with Crippen LogP contribution in [-0.2, 0) is 21.3 Å². The number of nitrogens with one attached hydrogen (secondary N) is 1. The fraction of sp³-hybridized carbons (Fsp3) is 0.160. The van der Waals surface area contributed by atoms with Gasteiger partial charge in [0.25, 0.3) is 11.4 Å². The highest BCUT2D eigenvalue weighted by Crippen LogP contribution is 2.36. The highest BCUT2D eigenvalue weighted by atomic mass is 79.9. The summed E-state index contributed by atoms with van der Waals surface area (Å²) < 4.78 is 23.0. The third-order valence-corrected chi connectivity index (χ3v) is 10.6. The van der Waals surface area contributed by atoms with Crippen LogP contribution in [-0.4, -0.2) is 60.0 Å². The molecule has 8 rings (SSSR count). The highest BCUT2D eigenvalue weighted by molar-refractivity contribution is 9.08. The Balaban J connectivity index is 0.000000180. The van der Waals surface area contributed by atoms with E-state index >= 15 is 0 Å². The molecule has 2 heterocycles. The number of halogens is 1. The van der Waals surface area contributed by atoms with Gasteiger partial charge in [0.15, 0.2) is 11.4 Å². The molecule has 0 spiro atoms. The van der Waals surface area contributed by atoms with Crippen LogP contribution in [0.1, 0.15) is 11.1 Å². The lowest BCUT2D eigenvalue weighted by Crippen LogP contribution is -2.04. The maximum atomic E-state index is 11.2. The van der Waals surface area contributed by atoms with E-state index in [1.54, 1.807) is 56.8 Å². The predicted molar refractivity (Wildman–Crippen MR) is 256 cm³/mol. The molecule has 0 atom stereocenters. The van der Waals surface area contributed by atoms with Crippen LogP contribution >= 0.6 is 15.9 Å². The number of hydrogen-bond acceptors (Lipinski definition) is 8. The number of nitro groups is 2. The van der Waals surface area contributed by atoms with E-state index in [0.29, 0.717) is 44.3 Å². The standard InChI is InChI=1S/C25H21N3O4.C15H9N3O2.C10H13BrO2/c1-26-20-8-11-25-23(15-20)24(19-4-3-5-21(14-19)28(29)30)17-27(25)16-18-6-9-22(10-7-18)32-13-12-31-2;1-16-11-5-6-15-13(8-11)14(9-17-15)10-3-2-4-12(7-10)18(19)20;1-12-6-7-13-10-4-2-9(8-11)3-5-10/h3-11,14-15,17H,12-13,16H2,2H3;2-9,17H;2-5H,6-8H2,1H3. The van der Waals surface area contributed by atoms with E-state index in [1.165, 1.54) is 23.8 Å². The number of nitro benzene ring substituents is 2. The van der Waals surface area contributed by atoms with Crippen LogP contribution in [0.25, 0.3) is 53.7 Å². The molecule has 0 saturated carbocycles. The van der Waals surface area contributed by atoms with Crippen LogP contribution in [0, 0.1) is 33.4 Å². The zero-order valence-corrected chi connectivity index (χ0v) is 37.1. The molecule has 1 N–H and O–H groups in total. The Kier molecular flexibility index (Phi) is 16.5. The second kappa shape index (κ2) is 23.0. The van der Waals surface area contributed by atoms with Gasteiger partial charge in [-0.3, -0.25) is 20.2 Å². The van der Waals surface area contributed by atoms with Crippen molar-refractivity contribution >= 4 is 60.5 Å². The van der Waals surface area contributed by atoms with Crippen molar-refractivity contribution in [2.45, 2.75) is 11.9 Å². The first-order valence-electron chi connectivity index (χ1n) is 20.1. The lowest BCUT2D eigenvalue weighted by Gasteiger charge is -2.08. The molecule has 0 radical (unpaired) electrons. The third kappa shape index (κ3) is 12.4. The number of H-pyrrole nitrogens is 1. The maximum absolute atomic E-state index is 11.2. The number of fused-ring (bicyclic) bond motifs is 2. The Hall–Kier alpha value is -7.82. The first kappa shape index (κ1) is 46.7. The Labute approximate surface area is 383 Å². The van der Waals surface area contributed by atoms with E-state index in [-0.39, 0.29) is 11.4 Å². The van der Waals surface area contributed by atoms with Gasteiger partial charge in [-0.2, -0.15) is 0 Å². The van der Waals surface area contributed by atoms with Crippen molar-refractivity contribution in [3.63, 3.8) is 0 Å². The number of ether oxygens (including phenoxy) is 4. The van der Waals surface area contributed by atoms with Gasteiger partial charge in [-0.25, -0.2) is 9.69 Å². The number of rotatable bonds is 15. The van der Waals surface area contributed by atoms with Gasteiger partial charge in [-0.1, -0.05) is 76.6 Å². The van der Waals surface area contributed by atoms with Gasteiger partial charge in [-0.05, 0) is 81.6 Å². The summed E-state index contributed by atoms with van der Waals surface area (Å²) in [6.07, 6.45) is 3.79. The molecule has 0 aliphatic carbocycles. The summed E-state index contributed by atoms with van der Waals surface area (Å²) in [5.74, 6) is 1.67. The predicted octanol–water partition coefficient (Wildman–Crippen LogP) is 12.7. The quantitative estimate of drug-likeness (QED) is 0.0350. The van der Waals surface area contributed by atoms with Crippen molar-refractivity contribution in [1.29, 1.82) is 0 Å². The summed E-state index contributed by atoms with van der Waals surface area (Å²) >= 11 is 3.39. The van der Waals surface area contributed by atoms with Gasteiger partial charge in [0.2, 0.25) is 0 Å². The average molecular weight is 936 g/mol. The lowest BCUT2D eigenvalue weighted by atomic mass is 10.0. The zero-order valence-electron chi connectivity index (χ0n) is 35.5. The Bertz CT molecular complexity index is 2970. The molecule has 0 bridgehead atoms. The van der Waals surface area contributed by atoms with Gasteiger partial charge in [-0.15, -0.1) is 0 Å². The number of aromatic amines is 1. The average Bonchev–Trinajstić information content (AvgIpc) is 3.93. The molecule has 15 heteroatoms. The minimum absolute atomic E-state index is 0.0359. The van der Waals surface area contributed by atoms with Crippen LogP contribution in [0.3, 0.4) is 0 Å². The van der Waals surface area contributed by atoms with Crippen molar-refractivity contribution in [1.82, 2.24) is 9.55 Å². The van der Waals surface area contributed by atoms with E-state index in [1.807, 2.05) is 85.1 Å². The Morgan fingerprint density at radius 3 is 1.68 bits per heavy atom. The summed E-state index contributed by atoms with van der Waals surface area (Å²) in [6, 6.07) is 39.8. The first-order chi connectivity index (χ1) is 31.6. The number of hydrogen-bond donors (Lipinski definition) is 1. The Morgan fingerprint density at radius 1 is 0.631 bits per heavy atom. The van der Waals surface area contributed by atoms with E-state index in [9.17, 15) is 20.2 Å². The lowest BCUT2D eigenvalue weighted by molar-refractivity contribution is -0.385. The van der Waals surface area contributed by atoms with E-state index in [2.05, 4.69) is 35.2 Å². The molecule has 65 heavy (non-hydrogen) atoms. The topological polar surface area (TPSA) is 153 Å². The molecule has 328 valence electrons. The summed E-state index contributed by atoms with van der Waals surface area (Å²) in [5, 5.41) is 24.7.